The van der Waals surface area contributed by atoms with Crippen LogP contribution in [0.15, 0.2) is 22.8 Å². The summed E-state index contributed by atoms with van der Waals surface area (Å²) in [6.07, 6.45) is 1.54. The maximum absolute atomic E-state index is 12.0. The first kappa shape index (κ1) is 12.8. The third-order valence-electron chi connectivity index (χ3n) is 2.68. The Balaban J connectivity index is 2.55. The second-order valence-electron chi connectivity index (χ2n) is 3.87. The number of carbonyl (C=O) groups is 2. The van der Waals surface area contributed by atoms with E-state index in [9.17, 15) is 9.59 Å². The minimum Gasteiger partial charge on any atom is -0.460 e. The van der Waals surface area contributed by atoms with Crippen molar-refractivity contribution in [3.63, 3.8) is 0 Å². The molecule has 0 amide bonds. The zero-order chi connectivity index (χ0) is 13.3. The normalized spacial score (nSPS) is 10.6. The summed E-state index contributed by atoms with van der Waals surface area (Å²) in [6, 6.07) is 3.80. The molecule has 1 N–H and O–H groups in total. The van der Waals surface area contributed by atoms with E-state index in [1.165, 1.54) is 6.20 Å². The standard InChI is InChI=1S/C13H12BrNO3/c1-3-18-13(17)12(16)8-6-15-9-5-4-7(2)11(14)10(8)9/h4-6,15H,3H2,1-2H3. The molecule has 0 aliphatic heterocycles. The first-order valence-electron chi connectivity index (χ1n) is 5.54. The molecule has 0 saturated carbocycles. The number of Topliss-reactive ketones (excluding diaryl/α,β-unsaturated/α-hetero) is 1. The number of aromatic nitrogens is 1. The number of aryl methyl sites for hydroxylation is 1. The Morgan fingerprint density at radius 1 is 1.39 bits per heavy atom. The Bertz CT molecular complexity index is 630. The fourth-order valence-corrected chi connectivity index (χ4v) is 2.33. The van der Waals surface area contributed by atoms with Gasteiger partial charge in [0, 0.05) is 21.6 Å². The Morgan fingerprint density at radius 2 is 2.11 bits per heavy atom. The van der Waals surface area contributed by atoms with Crippen LogP contribution in [0.1, 0.15) is 22.8 Å². The average molecular weight is 310 g/mol. The number of hydrogen-bond acceptors (Lipinski definition) is 3. The van der Waals surface area contributed by atoms with Gasteiger partial charge in [0.15, 0.2) is 0 Å². The van der Waals surface area contributed by atoms with Crippen molar-refractivity contribution in [3.8, 4) is 0 Å². The van der Waals surface area contributed by atoms with Crippen LogP contribution in [0.25, 0.3) is 10.9 Å². The average Bonchev–Trinajstić information content (AvgIpc) is 2.77. The molecule has 94 valence electrons. The van der Waals surface area contributed by atoms with Crippen molar-refractivity contribution in [1.82, 2.24) is 4.98 Å². The first-order chi connectivity index (χ1) is 8.56. The largest absolute Gasteiger partial charge is 0.460 e. The number of rotatable bonds is 3. The molecule has 1 heterocycles. The SMILES string of the molecule is CCOC(=O)C(=O)c1c[nH]c2ccc(C)c(Br)c12. The lowest BCUT2D eigenvalue weighted by Crippen LogP contribution is -2.17. The molecule has 0 aliphatic carbocycles. The first-order valence-corrected chi connectivity index (χ1v) is 6.33. The van der Waals surface area contributed by atoms with Gasteiger partial charge >= 0.3 is 5.97 Å². The van der Waals surface area contributed by atoms with Crippen molar-refractivity contribution in [3.05, 3.63) is 33.9 Å². The molecule has 18 heavy (non-hydrogen) atoms. The van der Waals surface area contributed by atoms with Crippen molar-refractivity contribution in [2.24, 2.45) is 0 Å². The quantitative estimate of drug-likeness (QED) is 0.538. The fourth-order valence-electron chi connectivity index (χ4n) is 1.77. The van der Waals surface area contributed by atoms with E-state index in [1.807, 2.05) is 19.1 Å². The lowest BCUT2D eigenvalue weighted by atomic mass is 10.1. The van der Waals surface area contributed by atoms with Crippen molar-refractivity contribution in [2.75, 3.05) is 6.61 Å². The van der Waals surface area contributed by atoms with Crippen LogP contribution < -0.4 is 0 Å². The van der Waals surface area contributed by atoms with E-state index in [2.05, 4.69) is 20.9 Å². The van der Waals surface area contributed by atoms with Gasteiger partial charge in [-0.05, 0) is 41.4 Å². The Hall–Kier alpha value is -1.62. The number of H-pyrrole nitrogens is 1. The molecule has 0 aliphatic rings. The number of benzene rings is 1. The van der Waals surface area contributed by atoms with Crippen LogP contribution in [0.4, 0.5) is 0 Å². The van der Waals surface area contributed by atoms with Crippen LogP contribution in [-0.2, 0) is 9.53 Å². The van der Waals surface area contributed by atoms with Crippen LogP contribution in [0.5, 0.6) is 0 Å². The van der Waals surface area contributed by atoms with E-state index >= 15 is 0 Å². The topological polar surface area (TPSA) is 59.2 Å². The fraction of sp³-hybridized carbons (Fsp3) is 0.231. The predicted octanol–water partition coefficient (Wildman–Crippen LogP) is 2.98. The summed E-state index contributed by atoms with van der Waals surface area (Å²) in [5.41, 5.74) is 2.14. The number of nitrogens with one attached hydrogen (secondary N) is 1. The molecule has 5 heteroatoms. The lowest BCUT2D eigenvalue weighted by Gasteiger charge is -2.03. The van der Waals surface area contributed by atoms with E-state index in [0.717, 1.165) is 15.6 Å². The minimum atomic E-state index is -0.827. The summed E-state index contributed by atoms with van der Waals surface area (Å²) in [5, 5.41) is 0.716. The minimum absolute atomic E-state index is 0.188. The maximum atomic E-state index is 12.0. The van der Waals surface area contributed by atoms with Crippen LogP contribution in [0.2, 0.25) is 0 Å². The van der Waals surface area contributed by atoms with Crippen LogP contribution >= 0.6 is 15.9 Å². The molecule has 4 nitrogen and oxygen atoms in total. The predicted molar refractivity (Wildman–Crippen MR) is 71.7 cm³/mol. The number of carbonyl (C=O) groups excluding carboxylic acids is 2. The molecule has 1 aromatic heterocycles. The van der Waals surface area contributed by atoms with Gasteiger partial charge in [-0.2, -0.15) is 0 Å². The molecule has 0 saturated heterocycles. The van der Waals surface area contributed by atoms with Gasteiger partial charge in [-0.25, -0.2) is 4.79 Å². The molecule has 0 unspecified atom stereocenters. The lowest BCUT2D eigenvalue weighted by molar-refractivity contribution is -0.137. The molecule has 0 fully saturated rings. The third-order valence-corrected chi connectivity index (χ3v) is 3.70. The smallest absolute Gasteiger partial charge is 0.379 e. The molecule has 0 atom stereocenters. The van der Waals surface area contributed by atoms with Crippen molar-refractivity contribution < 1.29 is 14.3 Å². The summed E-state index contributed by atoms with van der Waals surface area (Å²) in [6.45, 7) is 3.78. The van der Waals surface area contributed by atoms with Crippen molar-refractivity contribution in [1.29, 1.82) is 0 Å². The van der Waals surface area contributed by atoms with E-state index in [1.54, 1.807) is 6.92 Å². The van der Waals surface area contributed by atoms with Gasteiger partial charge in [-0.1, -0.05) is 6.07 Å². The van der Waals surface area contributed by atoms with E-state index in [0.29, 0.717) is 10.9 Å². The highest BCUT2D eigenvalue weighted by Crippen LogP contribution is 2.30. The highest BCUT2D eigenvalue weighted by molar-refractivity contribution is 9.10. The van der Waals surface area contributed by atoms with Gasteiger partial charge in [0.05, 0.1) is 12.2 Å². The number of hydrogen-bond donors (Lipinski definition) is 1. The highest BCUT2D eigenvalue weighted by Gasteiger charge is 2.22. The monoisotopic (exact) mass is 309 g/mol. The zero-order valence-corrected chi connectivity index (χ0v) is 11.6. The van der Waals surface area contributed by atoms with Gasteiger partial charge in [0.2, 0.25) is 0 Å². The number of ether oxygens (including phenoxy) is 1. The van der Waals surface area contributed by atoms with Crippen molar-refractivity contribution >= 4 is 38.6 Å². The highest BCUT2D eigenvalue weighted by atomic mass is 79.9. The summed E-state index contributed by atoms with van der Waals surface area (Å²) in [4.78, 5) is 26.4. The molecule has 0 spiro atoms. The second kappa shape index (κ2) is 4.94. The van der Waals surface area contributed by atoms with Gasteiger partial charge in [-0.3, -0.25) is 4.79 Å². The molecule has 0 bridgehead atoms. The van der Waals surface area contributed by atoms with Crippen molar-refractivity contribution in [2.45, 2.75) is 13.8 Å². The summed E-state index contributed by atoms with van der Waals surface area (Å²) < 4.78 is 5.54. The molecule has 2 aromatic rings. The Labute approximate surface area is 112 Å². The maximum Gasteiger partial charge on any atom is 0.379 e. The summed E-state index contributed by atoms with van der Waals surface area (Å²) >= 11 is 3.44. The van der Waals surface area contributed by atoms with Gasteiger partial charge in [-0.15, -0.1) is 0 Å². The summed E-state index contributed by atoms with van der Waals surface area (Å²) in [7, 11) is 0. The van der Waals surface area contributed by atoms with Crippen LogP contribution in [-0.4, -0.2) is 23.3 Å². The number of halogens is 1. The third kappa shape index (κ3) is 2.06. The number of fused-ring (bicyclic) bond motifs is 1. The van der Waals surface area contributed by atoms with Crippen LogP contribution in [0, 0.1) is 6.92 Å². The van der Waals surface area contributed by atoms with Gasteiger partial charge in [0.25, 0.3) is 5.78 Å². The second-order valence-corrected chi connectivity index (χ2v) is 4.66. The van der Waals surface area contributed by atoms with Crippen LogP contribution in [0.3, 0.4) is 0 Å². The zero-order valence-electron chi connectivity index (χ0n) is 10.0. The van der Waals surface area contributed by atoms with E-state index in [-0.39, 0.29) is 6.61 Å². The number of ketones is 1. The number of aromatic amines is 1. The van der Waals surface area contributed by atoms with E-state index in [4.69, 9.17) is 4.74 Å². The van der Waals surface area contributed by atoms with E-state index < -0.39 is 11.8 Å². The molecule has 1 aromatic carbocycles. The number of esters is 1. The molecule has 0 radical (unpaired) electrons. The summed E-state index contributed by atoms with van der Waals surface area (Å²) in [5.74, 6) is -1.46. The Kier molecular flexibility index (Phi) is 3.52. The Morgan fingerprint density at radius 3 is 2.78 bits per heavy atom. The van der Waals surface area contributed by atoms with Gasteiger partial charge in [0.1, 0.15) is 0 Å². The molecular weight excluding hydrogens is 298 g/mol. The molecular formula is C13H12BrNO3. The van der Waals surface area contributed by atoms with Gasteiger partial charge < -0.3 is 9.72 Å². The molecule has 2 rings (SSSR count).